The predicted molar refractivity (Wildman–Crippen MR) is 69.3 cm³/mol. The molecule has 1 aromatic rings. The van der Waals surface area contributed by atoms with Gasteiger partial charge >= 0.3 is 11.7 Å². The van der Waals surface area contributed by atoms with E-state index in [9.17, 15) is 14.9 Å². The maximum Gasteiger partial charge on any atom is 0.336 e. The number of carbonyl (C=O) groups is 1. The van der Waals surface area contributed by atoms with Gasteiger partial charge in [-0.15, -0.1) is 0 Å². The normalized spacial score (nSPS) is 11.9. The number of nitrogens with zero attached hydrogens (tertiary/aromatic N) is 1. The topological polar surface area (TPSA) is 98.9 Å². The summed E-state index contributed by atoms with van der Waals surface area (Å²) in [6.45, 7) is 1.56. The molecule has 0 aliphatic rings. The molecule has 0 aromatic heterocycles. The standard InChI is InChI=1S/C11H12BrNO6/c1-2-18-10(11(14)15)6-19-9-4-3-7(12)5-8(9)13(16)17/h3-5,10H,2,6H2,1H3,(H,14,15). The summed E-state index contributed by atoms with van der Waals surface area (Å²) in [4.78, 5) is 21.1. The van der Waals surface area contributed by atoms with Crippen LogP contribution >= 0.6 is 15.9 Å². The largest absolute Gasteiger partial charge is 0.483 e. The Hall–Kier alpha value is -1.67. The van der Waals surface area contributed by atoms with Gasteiger partial charge < -0.3 is 14.6 Å². The van der Waals surface area contributed by atoms with E-state index in [-0.39, 0.29) is 24.7 Å². The minimum Gasteiger partial charge on any atom is -0.483 e. The van der Waals surface area contributed by atoms with Crippen LogP contribution in [0.4, 0.5) is 5.69 Å². The summed E-state index contributed by atoms with van der Waals surface area (Å²) in [5, 5.41) is 19.7. The van der Waals surface area contributed by atoms with Crippen LogP contribution in [0, 0.1) is 10.1 Å². The van der Waals surface area contributed by atoms with E-state index in [2.05, 4.69) is 15.9 Å². The summed E-state index contributed by atoms with van der Waals surface area (Å²) in [5.74, 6) is -1.18. The summed E-state index contributed by atoms with van der Waals surface area (Å²) < 4.78 is 10.6. The Labute approximate surface area is 117 Å². The molecule has 0 radical (unpaired) electrons. The van der Waals surface area contributed by atoms with E-state index in [1.807, 2.05) is 0 Å². The van der Waals surface area contributed by atoms with Gasteiger partial charge in [-0.1, -0.05) is 15.9 Å². The molecule has 0 spiro atoms. The highest BCUT2D eigenvalue weighted by atomic mass is 79.9. The lowest BCUT2D eigenvalue weighted by Gasteiger charge is -2.13. The monoisotopic (exact) mass is 333 g/mol. The number of nitro groups is 1. The van der Waals surface area contributed by atoms with E-state index in [0.717, 1.165) is 0 Å². The Morgan fingerprint density at radius 2 is 2.26 bits per heavy atom. The Morgan fingerprint density at radius 3 is 2.79 bits per heavy atom. The molecule has 0 aliphatic carbocycles. The van der Waals surface area contributed by atoms with Crippen LogP contribution in [-0.2, 0) is 9.53 Å². The van der Waals surface area contributed by atoms with E-state index in [1.165, 1.54) is 12.1 Å². The number of benzene rings is 1. The Balaban J connectivity index is 2.82. The first-order chi connectivity index (χ1) is 8.95. The van der Waals surface area contributed by atoms with E-state index >= 15 is 0 Å². The Bertz CT molecular complexity index is 478. The zero-order valence-corrected chi connectivity index (χ0v) is 11.6. The molecule has 7 nitrogen and oxygen atoms in total. The van der Waals surface area contributed by atoms with Crippen molar-refractivity contribution < 1.29 is 24.3 Å². The number of hydrogen-bond donors (Lipinski definition) is 1. The van der Waals surface area contributed by atoms with Crippen molar-refractivity contribution in [2.24, 2.45) is 0 Å². The number of aliphatic carboxylic acids is 1. The van der Waals surface area contributed by atoms with Crippen LogP contribution in [0.3, 0.4) is 0 Å². The van der Waals surface area contributed by atoms with Crippen molar-refractivity contribution >= 4 is 27.6 Å². The minimum absolute atomic E-state index is 0.000784. The van der Waals surface area contributed by atoms with Gasteiger partial charge in [0.15, 0.2) is 11.9 Å². The van der Waals surface area contributed by atoms with Crippen molar-refractivity contribution in [3.05, 3.63) is 32.8 Å². The van der Waals surface area contributed by atoms with Crippen molar-refractivity contribution in [2.45, 2.75) is 13.0 Å². The zero-order chi connectivity index (χ0) is 14.4. The highest BCUT2D eigenvalue weighted by Gasteiger charge is 2.21. The molecular formula is C11H12BrNO6. The molecule has 104 valence electrons. The highest BCUT2D eigenvalue weighted by molar-refractivity contribution is 9.10. The first-order valence-corrected chi connectivity index (χ1v) is 6.16. The van der Waals surface area contributed by atoms with E-state index in [4.69, 9.17) is 14.6 Å². The molecule has 0 aliphatic heterocycles. The molecule has 19 heavy (non-hydrogen) atoms. The first kappa shape index (κ1) is 15.4. The molecule has 0 saturated carbocycles. The fourth-order valence-electron chi connectivity index (χ4n) is 1.31. The maximum absolute atomic E-state index is 10.8. The van der Waals surface area contributed by atoms with Crippen molar-refractivity contribution in [3.8, 4) is 5.75 Å². The molecule has 1 atom stereocenters. The van der Waals surface area contributed by atoms with Gasteiger partial charge in [0.2, 0.25) is 0 Å². The Morgan fingerprint density at radius 1 is 1.58 bits per heavy atom. The minimum atomic E-state index is -1.18. The summed E-state index contributed by atoms with van der Waals surface area (Å²) in [6.07, 6.45) is -1.16. The molecule has 1 unspecified atom stereocenters. The molecular weight excluding hydrogens is 322 g/mol. The molecule has 1 rings (SSSR count). The van der Waals surface area contributed by atoms with Gasteiger partial charge in [-0.2, -0.15) is 0 Å². The van der Waals surface area contributed by atoms with Crippen molar-refractivity contribution in [1.82, 2.24) is 0 Å². The highest BCUT2D eigenvalue weighted by Crippen LogP contribution is 2.30. The number of rotatable bonds is 7. The second-order valence-corrected chi connectivity index (χ2v) is 4.38. The molecule has 1 N–H and O–H groups in total. The average molecular weight is 334 g/mol. The van der Waals surface area contributed by atoms with Crippen LogP contribution in [0.2, 0.25) is 0 Å². The smallest absolute Gasteiger partial charge is 0.336 e. The lowest BCUT2D eigenvalue weighted by atomic mass is 10.3. The number of nitro benzene ring substituents is 1. The van der Waals surface area contributed by atoms with Crippen molar-refractivity contribution in [3.63, 3.8) is 0 Å². The quantitative estimate of drug-likeness (QED) is 0.606. The molecule has 0 saturated heterocycles. The number of ether oxygens (including phenoxy) is 2. The zero-order valence-electron chi connectivity index (χ0n) is 10.0. The lowest BCUT2D eigenvalue weighted by Crippen LogP contribution is -2.30. The van der Waals surface area contributed by atoms with E-state index in [1.54, 1.807) is 13.0 Å². The van der Waals surface area contributed by atoms with Gasteiger partial charge in [0.05, 0.1) is 4.92 Å². The SMILES string of the molecule is CCOC(COc1ccc(Br)cc1[N+](=O)[O-])C(=O)O. The van der Waals surface area contributed by atoms with Gasteiger partial charge in [0.1, 0.15) is 6.61 Å². The number of halogens is 1. The molecule has 0 amide bonds. The van der Waals surface area contributed by atoms with E-state index < -0.39 is 17.0 Å². The fraction of sp³-hybridized carbons (Fsp3) is 0.364. The van der Waals surface area contributed by atoms with Crippen LogP contribution in [0.5, 0.6) is 5.75 Å². The molecule has 0 bridgehead atoms. The second-order valence-electron chi connectivity index (χ2n) is 3.46. The van der Waals surface area contributed by atoms with Gasteiger partial charge in [-0.3, -0.25) is 10.1 Å². The Kier molecular flexibility index (Phi) is 5.71. The number of hydrogen-bond acceptors (Lipinski definition) is 5. The number of carboxylic acids is 1. The summed E-state index contributed by atoms with van der Waals surface area (Å²) in [6, 6.07) is 4.25. The van der Waals surface area contributed by atoms with Gasteiger partial charge in [-0.25, -0.2) is 4.79 Å². The summed E-state index contributed by atoms with van der Waals surface area (Å²) in [5.41, 5.74) is -0.241. The van der Waals surface area contributed by atoms with Gasteiger partial charge in [-0.05, 0) is 19.1 Å². The fourth-order valence-corrected chi connectivity index (χ4v) is 1.66. The maximum atomic E-state index is 10.8. The van der Waals surface area contributed by atoms with Crippen molar-refractivity contribution in [1.29, 1.82) is 0 Å². The predicted octanol–water partition coefficient (Wildman–Crippen LogP) is 2.23. The van der Waals surface area contributed by atoms with Gasteiger partial charge in [0, 0.05) is 17.1 Å². The van der Waals surface area contributed by atoms with Gasteiger partial charge in [0.25, 0.3) is 0 Å². The van der Waals surface area contributed by atoms with E-state index in [0.29, 0.717) is 4.47 Å². The second kappa shape index (κ2) is 7.05. The van der Waals surface area contributed by atoms with Crippen LogP contribution < -0.4 is 4.74 Å². The van der Waals surface area contributed by atoms with Crippen molar-refractivity contribution in [2.75, 3.05) is 13.2 Å². The first-order valence-electron chi connectivity index (χ1n) is 5.36. The molecule has 1 aromatic carbocycles. The molecule has 0 heterocycles. The summed E-state index contributed by atoms with van der Waals surface area (Å²) in [7, 11) is 0. The van der Waals surface area contributed by atoms with Crippen LogP contribution in [-0.4, -0.2) is 35.3 Å². The third kappa shape index (κ3) is 4.49. The third-order valence-electron chi connectivity index (χ3n) is 2.15. The average Bonchev–Trinajstić information content (AvgIpc) is 2.35. The summed E-state index contributed by atoms with van der Waals surface area (Å²) >= 11 is 3.11. The van der Waals surface area contributed by atoms with Crippen LogP contribution in [0.25, 0.3) is 0 Å². The molecule has 8 heteroatoms. The van der Waals surface area contributed by atoms with Crippen LogP contribution in [0.1, 0.15) is 6.92 Å². The number of carboxylic acid groups (broad SMARTS) is 1. The molecule has 0 fully saturated rings. The third-order valence-corrected chi connectivity index (χ3v) is 2.64. The van der Waals surface area contributed by atoms with Crippen LogP contribution in [0.15, 0.2) is 22.7 Å². The lowest BCUT2D eigenvalue weighted by molar-refractivity contribution is -0.386.